The Hall–Kier alpha value is -0.135. The van der Waals surface area contributed by atoms with E-state index in [-0.39, 0.29) is 0 Å². The number of hydrogen-bond donors (Lipinski definition) is 0. The zero-order valence-electron chi connectivity index (χ0n) is 14.7. The lowest BCUT2D eigenvalue weighted by Crippen LogP contribution is -2.82. The van der Waals surface area contributed by atoms with Crippen LogP contribution in [0.5, 0.6) is 0 Å². The van der Waals surface area contributed by atoms with Crippen LogP contribution in [0.2, 0.25) is 0 Å². The molecule has 0 atom stereocenters. The van der Waals surface area contributed by atoms with Crippen LogP contribution < -0.4 is 0 Å². The molecule has 1 fully saturated rings. The van der Waals surface area contributed by atoms with Crippen molar-refractivity contribution in [3.8, 4) is 0 Å². The van der Waals surface area contributed by atoms with Gasteiger partial charge in [-0.25, -0.2) is 0 Å². The topological polar surface area (TPSA) is 9.72 Å². The molecule has 0 bridgehead atoms. The lowest BCUT2D eigenvalue weighted by Gasteiger charge is -2.55. The van der Waals surface area contributed by atoms with E-state index >= 15 is 0 Å². The normalized spacial score (nSPS) is 21.4. The largest absolute Gasteiger partial charge is 0.506 e. The number of rotatable bonds is 0. The fourth-order valence-corrected chi connectivity index (χ4v) is 2.62. The summed E-state index contributed by atoms with van der Waals surface area (Å²) in [4.78, 5) is 0. The molecule has 1 saturated heterocycles. The molecule has 0 amide bonds. The SMILES string of the molecule is CC(C)(C)N1B(F)N(C(C)(C)C)B(F)N(C(C)(C)C)B1F. The summed E-state index contributed by atoms with van der Waals surface area (Å²) in [6, 6.07) is 0. The molecule has 0 aromatic rings. The minimum atomic E-state index is -1.83. The van der Waals surface area contributed by atoms with Gasteiger partial charge in [-0.1, -0.05) is 0 Å². The van der Waals surface area contributed by atoms with Gasteiger partial charge in [-0.2, -0.15) is 0 Å². The van der Waals surface area contributed by atoms with E-state index in [4.69, 9.17) is 0 Å². The Labute approximate surface area is 128 Å². The number of halogens is 3. The second-order valence-corrected chi connectivity index (χ2v) is 8.67. The lowest BCUT2D eigenvalue weighted by molar-refractivity contribution is 0.173. The molecule has 0 aromatic carbocycles. The van der Waals surface area contributed by atoms with Crippen LogP contribution in [-0.2, 0) is 0 Å². The highest BCUT2D eigenvalue weighted by atomic mass is 19.1. The number of nitrogens with zero attached hydrogens (tertiary/aromatic N) is 3. The predicted molar refractivity (Wildman–Crippen MR) is 85.4 cm³/mol. The first-order valence-corrected chi connectivity index (χ1v) is 7.37. The van der Waals surface area contributed by atoms with Gasteiger partial charge in [0.1, 0.15) is 0 Å². The van der Waals surface area contributed by atoms with Crippen LogP contribution in [0.4, 0.5) is 12.9 Å². The van der Waals surface area contributed by atoms with Crippen LogP contribution in [-0.4, -0.2) is 52.6 Å². The zero-order chi connectivity index (χ0) is 17.0. The van der Waals surface area contributed by atoms with E-state index in [9.17, 15) is 12.9 Å². The first-order valence-electron chi connectivity index (χ1n) is 7.37. The van der Waals surface area contributed by atoms with E-state index < -0.39 is 38.4 Å². The quantitative estimate of drug-likeness (QED) is 0.636. The molecule has 0 aromatic heterocycles. The van der Waals surface area contributed by atoms with Crippen molar-refractivity contribution in [1.82, 2.24) is 14.2 Å². The molecule has 1 rings (SSSR count). The molecule has 9 heteroatoms. The van der Waals surface area contributed by atoms with E-state index in [0.717, 1.165) is 14.2 Å². The molecule has 1 heterocycles. The minimum Gasteiger partial charge on any atom is -0.292 e. The Morgan fingerprint density at radius 1 is 0.476 bits per heavy atom. The molecule has 21 heavy (non-hydrogen) atoms. The molecule has 0 unspecified atom stereocenters. The molecule has 120 valence electrons. The van der Waals surface area contributed by atoms with Crippen molar-refractivity contribution in [1.29, 1.82) is 0 Å². The molecule has 0 saturated carbocycles. The lowest BCUT2D eigenvalue weighted by atomic mass is 9.59. The summed E-state index contributed by atoms with van der Waals surface area (Å²) in [5, 5.41) is 0. The average Bonchev–Trinajstić information content (AvgIpc) is 2.07. The van der Waals surface area contributed by atoms with Crippen molar-refractivity contribution in [2.75, 3.05) is 0 Å². The maximum atomic E-state index is 14.9. The van der Waals surface area contributed by atoms with Crippen LogP contribution in [0.1, 0.15) is 62.3 Å². The van der Waals surface area contributed by atoms with E-state index in [0.29, 0.717) is 0 Å². The second-order valence-electron chi connectivity index (χ2n) is 8.67. The summed E-state index contributed by atoms with van der Waals surface area (Å²) < 4.78 is 48.0. The third kappa shape index (κ3) is 3.62. The van der Waals surface area contributed by atoms with Gasteiger partial charge in [0, 0.05) is 0 Å². The fraction of sp³-hybridized carbons (Fsp3) is 1.00. The smallest absolute Gasteiger partial charge is 0.292 e. The van der Waals surface area contributed by atoms with E-state index in [1.54, 1.807) is 62.3 Å². The van der Waals surface area contributed by atoms with Crippen LogP contribution in [0.25, 0.3) is 0 Å². The summed E-state index contributed by atoms with van der Waals surface area (Å²) >= 11 is 0. The van der Waals surface area contributed by atoms with Gasteiger partial charge in [0.05, 0.1) is 0 Å². The van der Waals surface area contributed by atoms with Gasteiger partial charge in [0.2, 0.25) is 0 Å². The molecule has 1 aliphatic heterocycles. The molecular formula is C12H27B3F3N3. The Balaban J connectivity index is 3.38. The zero-order valence-corrected chi connectivity index (χ0v) is 14.7. The van der Waals surface area contributed by atoms with Gasteiger partial charge in [0.15, 0.2) is 0 Å². The fourth-order valence-electron chi connectivity index (χ4n) is 2.62. The van der Waals surface area contributed by atoms with Crippen LogP contribution in [0.3, 0.4) is 0 Å². The van der Waals surface area contributed by atoms with Crippen LogP contribution in [0, 0.1) is 0 Å². The van der Waals surface area contributed by atoms with Crippen molar-refractivity contribution in [3.63, 3.8) is 0 Å². The summed E-state index contributed by atoms with van der Waals surface area (Å²) in [6.07, 6.45) is 0. The monoisotopic (exact) mass is 303 g/mol. The molecule has 3 nitrogen and oxygen atoms in total. The van der Waals surface area contributed by atoms with Crippen LogP contribution in [0.15, 0.2) is 0 Å². The van der Waals surface area contributed by atoms with Crippen LogP contribution >= 0.6 is 0 Å². The van der Waals surface area contributed by atoms with E-state index in [1.807, 2.05) is 0 Å². The maximum Gasteiger partial charge on any atom is 0.506 e. The molecule has 0 radical (unpaired) electrons. The van der Waals surface area contributed by atoms with Crippen molar-refractivity contribution in [3.05, 3.63) is 0 Å². The Kier molecular flexibility index (Phi) is 4.95. The minimum absolute atomic E-state index is 0.772. The first-order chi connectivity index (χ1) is 9.10. The molecule has 0 N–H and O–H groups in total. The van der Waals surface area contributed by atoms with E-state index in [2.05, 4.69) is 0 Å². The van der Waals surface area contributed by atoms with Gasteiger partial charge in [0.25, 0.3) is 0 Å². The van der Waals surface area contributed by atoms with Crippen molar-refractivity contribution >= 4 is 21.8 Å². The summed E-state index contributed by atoms with van der Waals surface area (Å²) in [6.45, 7) is 15.6. The van der Waals surface area contributed by atoms with Crippen molar-refractivity contribution in [2.45, 2.75) is 78.9 Å². The Morgan fingerprint density at radius 2 is 0.619 bits per heavy atom. The molecule has 0 aliphatic carbocycles. The molecular weight excluding hydrogens is 276 g/mol. The highest BCUT2D eigenvalue weighted by molar-refractivity contribution is 6.79. The van der Waals surface area contributed by atoms with E-state index in [1.165, 1.54) is 0 Å². The van der Waals surface area contributed by atoms with Crippen molar-refractivity contribution < 1.29 is 12.9 Å². The predicted octanol–water partition coefficient (Wildman–Crippen LogP) is 3.16. The Bertz CT molecular complexity index is 310. The Morgan fingerprint density at radius 3 is 0.714 bits per heavy atom. The van der Waals surface area contributed by atoms with Gasteiger partial charge in [-0.05, 0) is 78.9 Å². The summed E-state index contributed by atoms with van der Waals surface area (Å²) in [5.41, 5.74) is -2.32. The summed E-state index contributed by atoms with van der Waals surface area (Å²) in [7, 11) is -5.48. The standard InChI is InChI=1S/C12H27B3F3N3/c1-10(2,3)19-13(16)20(11(4,5)6)15(18)21(14(19)17)12(7,8)9/h1-9H3. The van der Waals surface area contributed by atoms with Gasteiger partial charge >= 0.3 is 21.8 Å². The first kappa shape index (κ1) is 18.9. The molecule has 0 spiro atoms. The third-order valence-electron chi connectivity index (χ3n) is 3.70. The highest BCUT2D eigenvalue weighted by Gasteiger charge is 2.64. The maximum absolute atomic E-state index is 14.9. The van der Waals surface area contributed by atoms with Crippen molar-refractivity contribution in [2.24, 2.45) is 0 Å². The average molecular weight is 303 g/mol. The van der Waals surface area contributed by atoms with Gasteiger partial charge in [-0.3, -0.25) is 27.1 Å². The second kappa shape index (κ2) is 5.50. The van der Waals surface area contributed by atoms with Gasteiger partial charge < -0.3 is 0 Å². The summed E-state index contributed by atoms with van der Waals surface area (Å²) in [5.74, 6) is 0. The third-order valence-corrected chi connectivity index (χ3v) is 3.70. The highest BCUT2D eigenvalue weighted by Crippen LogP contribution is 2.36. The number of hydrogen-bond acceptors (Lipinski definition) is 3. The molecule has 1 aliphatic rings. The van der Waals surface area contributed by atoms with Gasteiger partial charge in [-0.15, -0.1) is 0 Å².